The maximum atomic E-state index is 13.7. The molecule has 0 aliphatic carbocycles. The molecule has 2 aromatic carbocycles. The fourth-order valence-electron chi connectivity index (χ4n) is 3.60. The van der Waals surface area contributed by atoms with E-state index in [1.807, 2.05) is 45.0 Å². The van der Waals surface area contributed by atoms with E-state index < -0.39 is 33.4 Å². The van der Waals surface area contributed by atoms with Crippen LogP contribution in [0.1, 0.15) is 38.3 Å². The molecule has 11 nitrogen and oxygen atoms in total. The molecule has 2 aromatic rings. The van der Waals surface area contributed by atoms with Crippen molar-refractivity contribution in [1.29, 1.82) is 0 Å². The number of carbonyl (C=O) groups is 2. The molecule has 0 saturated heterocycles. The standard InChI is InChI=1S/C25H34N4O7S/c1-7-18(3)26-25(31)19(4)27(15-20-11-9-8-10-17(20)2)24(30)16-28(37(6,34)35)22-14-21(29(32)33)12-13-23(22)36-5/h8-14,18-19H,7,15-16H2,1-6H3,(H,26,31). The van der Waals surface area contributed by atoms with Crippen LogP contribution in [0.15, 0.2) is 42.5 Å². The number of sulfonamides is 1. The zero-order valence-corrected chi connectivity index (χ0v) is 22.7. The van der Waals surface area contributed by atoms with Crippen LogP contribution in [0.25, 0.3) is 0 Å². The number of ether oxygens (including phenoxy) is 1. The number of nitro benzene ring substituents is 1. The van der Waals surface area contributed by atoms with Gasteiger partial charge in [0, 0.05) is 24.7 Å². The van der Waals surface area contributed by atoms with Crippen LogP contribution in [0.2, 0.25) is 0 Å². The van der Waals surface area contributed by atoms with Crippen molar-refractivity contribution in [2.45, 2.75) is 52.7 Å². The molecule has 12 heteroatoms. The van der Waals surface area contributed by atoms with Gasteiger partial charge in [0.25, 0.3) is 5.69 Å². The van der Waals surface area contributed by atoms with E-state index in [1.165, 1.54) is 24.1 Å². The Balaban J connectivity index is 2.53. The molecule has 0 aromatic heterocycles. The number of anilines is 1. The van der Waals surface area contributed by atoms with E-state index in [0.29, 0.717) is 6.42 Å². The minimum atomic E-state index is -4.09. The maximum Gasteiger partial charge on any atom is 0.271 e. The van der Waals surface area contributed by atoms with Gasteiger partial charge in [-0.15, -0.1) is 0 Å². The maximum absolute atomic E-state index is 13.7. The number of methoxy groups -OCH3 is 1. The van der Waals surface area contributed by atoms with Crippen molar-refractivity contribution in [3.63, 3.8) is 0 Å². The molecule has 2 amide bonds. The summed E-state index contributed by atoms with van der Waals surface area (Å²) in [6.07, 6.45) is 1.59. The van der Waals surface area contributed by atoms with Gasteiger partial charge in [0.15, 0.2) is 0 Å². The van der Waals surface area contributed by atoms with E-state index in [-0.39, 0.29) is 35.6 Å². The Labute approximate surface area is 217 Å². The molecule has 202 valence electrons. The van der Waals surface area contributed by atoms with Gasteiger partial charge in [-0.05, 0) is 44.4 Å². The first-order chi connectivity index (χ1) is 17.3. The SMILES string of the molecule is CCC(C)NC(=O)C(C)N(Cc1ccccc1C)C(=O)CN(c1cc([N+](=O)[O-])ccc1OC)S(C)(=O)=O. The van der Waals surface area contributed by atoms with Crippen molar-refractivity contribution in [3.8, 4) is 5.75 Å². The monoisotopic (exact) mass is 534 g/mol. The van der Waals surface area contributed by atoms with Gasteiger partial charge >= 0.3 is 0 Å². The van der Waals surface area contributed by atoms with E-state index >= 15 is 0 Å². The van der Waals surface area contributed by atoms with Gasteiger partial charge in [-0.25, -0.2) is 8.42 Å². The number of nitrogens with one attached hydrogen (secondary N) is 1. The first-order valence-electron chi connectivity index (χ1n) is 11.7. The summed E-state index contributed by atoms with van der Waals surface area (Å²) >= 11 is 0. The van der Waals surface area contributed by atoms with Crippen LogP contribution >= 0.6 is 0 Å². The minimum absolute atomic E-state index is 0.0387. The van der Waals surface area contributed by atoms with Crippen LogP contribution in [0.5, 0.6) is 5.75 Å². The van der Waals surface area contributed by atoms with Gasteiger partial charge < -0.3 is 15.0 Å². The van der Waals surface area contributed by atoms with E-state index in [2.05, 4.69) is 5.32 Å². The molecular weight excluding hydrogens is 500 g/mol. The van der Waals surface area contributed by atoms with Crippen LogP contribution in [0.4, 0.5) is 11.4 Å². The zero-order valence-electron chi connectivity index (χ0n) is 21.9. The molecule has 2 rings (SSSR count). The van der Waals surface area contributed by atoms with Crippen molar-refractivity contribution in [2.75, 3.05) is 24.2 Å². The molecule has 0 fully saturated rings. The van der Waals surface area contributed by atoms with Crippen LogP contribution in [-0.4, -0.2) is 62.0 Å². The third-order valence-electron chi connectivity index (χ3n) is 6.09. The number of nitro groups is 1. The van der Waals surface area contributed by atoms with Crippen molar-refractivity contribution in [2.24, 2.45) is 0 Å². The molecule has 0 radical (unpaired) electrons. The van der Waals surface area contributed by atoms with Gasteiger partial charge in [-0.2, -0.15) is 0 Å². The highest BCUT2D eigenvalue weighted by Gasteiger charge is 2.32. The van der Waals surface area contributed by atoms with Gasteiger partial charge in [-0.3, -0.25) is 24.0 Å². The molecule has 1 N–H and O–H groups in total. The lowest BCUT2D eigenvalue weighted by atomic mass is 10.1. The Hall–Kier alpha value is -3.67. The van der Waals surface area contributed by atoms with Crippen molar-refractivity contribution < 1.29 is 27.7 Å². The van der Waals surface area contributed by atoms with E-state index in [0.717, 1.165) is 27.8 Å². The number of benzene rings is 2. The Kier molecular flexibility index (Phi) is 10.0. The van der Waals surface area contributed by atoms with Crippen molar-refractivity contribution in [3.05, 3.63) is 63.7 Å². The quantitative estimate of drug-likeness (QED) is 0.326. The molecule has 0 spiro atoms. The smallest absolute Gasteiger partial charge is 0.271 e. The third-order valence-corrected chi connectivity index (χ3v) is 7.22. The van der Waals surface area contributed by atoms with Gasteiger partial charge in [0.2, 0.25) is 21.8 Å². The number of nitrogens with zero attached hydrogens (tertiary/aromatic N) is 3. The molecule has 0 aliphatic rings. The predicted octanol–water partition coefficient (Wildman–Crippen LogP) is 3.01. The van der Waals surface area contributed by atoms with Crippen molar-refractivity contribution >= 4 is 33.2 Å². The van der Waals surface area contributed by atoms with E-state index in [9.17, 15) is 28.1 Å². The molecule has 0 bridgehead atoms. The van der Waals surface area contributed by atoms with E-state index in [4.69, 9.17) is 4.74 Å². The molecular formula is C25H34N4O7S. The first kappa shape index (κ1) is 29.6. The minimum Gasteiger partial charge on any atom is -0.495 e. The number of hydrogen-bond donors (Lipinski definition) is 1. The summed E-state index contributed by atoms with van der Waals surface area (Å²) in [6.45, 7) is 6.58. The molecule has 2 atom stereocenters. The van der Waals surface area contributed by atoms with Crippen LogP contribution in [0.3, 0.4) is 0 Å². The zero-order chi connectivity index (χ0) is 27.9. The lowest BCUT2D eigenvalue weighted by molar-refractivity contribution is -0.384. The summed E-state index contributed by atoms with van der Waals surface area (Å²) in [5, 5.41) is 14.2. The Morgan fingerprint density at radius 2 is 1.81 bits per heavy atom. The summed E-state index contributed by atoms with van der Waals surface area (Å²) in [5.74, 6) is -0.999. The molecule has 0 heterocycles. The molecule has 0 saturated carbocycles. The number of amides is 2. The number of carbonyl (C=O) groups excluding carboxylic acids is 2. The molecule has 0 aliphatic heterocycles. The highest BCUT2D eigenvalue weighted by Crippen LogP contribution is 2.34. The second kappa shape index (κ2) is 12.5. The predicted molar refractivity (Wildman–Crippen MR) is 141 cm³/mol. The summed E-state index contributed by atoms with van der Waals surface area (Å²) in [4.78, 5) is 38.6. The largest absolute Gasteiger partial charge is 0.495 e. The van der Waals surface area contributed by atoms with Crippen molar-refractivity contribution in [1.82, 2.24) is 10.2 Å². The summed E-state index contributed by atoms with van der Waals surface area (Å²) < 4.78 is 31.6. The fraction of sp³-hybridized carbons (Fsp3) is 0.440. The summed E-state index contributed by atoms with van der Waals surface area (Å²) in [7, 11) is -2.80. The highest BCUT2D eigenvalue weighted by molar-refractivity contribution is 7.92. The Bertz CT molecular complexity index is 1250. The molecule has 2 unspecified atom stereocenters. The average molecular weight is 535 g/mol. The lowest BCUT2D eigenvalue weighted by Gasteiger charge is -2.32. The normalized spacial score (nSPS) is 12.8. The number of rotatable bonds is 12. The second-order valence-corrected chi connectivity index (χ2v) is 10.7. The van der Waals surface area contributed by atoms with Gasteiger partial charge in [-0.1, -0.05) is 31.2 Å². The summed E-state index contributed by atoms with van der Waals surface area (Å²) in [6, 6.07) is 9.81. The Morgan fingerprint density at radius 1 is 1.16 bits per heavy atom. The second-order valence-electron chi connectivity index (χ2n) is 8.82. The number of non-ortho nitro benzene ring substituents is 1. The van der Waals surface area contributed by atoms with Crippen LogP contribution < -0.4 is 14.4 Å². The van der Waals surface area contributed by atoms with Gasteiger partial charge in [0.1, 0.15) is 24.0 Å². The molecule has 37 heavy (non-hydrogen) atoms. The van der Waals surface area contributed by atoms with Gasteiger partial charge in [0.05, 0.1) is 18.3 Å². The summed E-state index contributed by atoms with van der Waals surface area (Å²) in [5.41, 5.74) is 1.17. The number of hydrogen-bond acceptors (Lipinski definition) is 7. The highest BCUT2D eigenvalue weighted by atomic mass is 32.2. The number of aryl methyl sites for hydroxylation is 1. The average Bonchev–Trinajstić information content (AvgIpc) is 2.84. The van der Waals surface area contributed by atoms with E-state index in [1.54, 1.807) is 6.92 Å². The fourth-order valence-corrected chi connectivity index (χ4v) is 4.45. The Morgan fingerprint density at radius 3 is 2.35 bits per heavy atom. The van der Waals surface area contributed by atoms with Crippen LogP contribution in [-0.2, 0) is 26.2 Å². The third kappa shape index (κ3) is 7.66. The first-order valence-corrected chi connectivity index (χ1v) is 13.6. The van der Waals surface area contributed by atoms with Crippen LogP contribution in [0, 0.1) is 17.0 Å². The topological polar surface area (TPSA) is 139 Å². The lowest BCUT2D eigenvalue weighted by Crippen LogP contribution is -2.52.